The standard InChI is InChI=1S/C15H12Cl2N2O2/c1-7-2-3-9(16)12(4-7)21-13-6-11-8(5-10(13)17)14(18)15(20)19-11/h2-6,14H,18H2,1H3,(H,19,20). The lowest BCUT2D eigenvalue weighted by Crippen LogP contribution is -2.19. The summed E-state index contributed by atoms with van der Waals surface area (Å²) in [6, 6.07) is 8.05. The molecule has 2 aromatic carbocycles. The second-order valence-electron chi connectivity index (χ2n) is 4.87. The molecule has 1 aliphatic heterocycles. The maximum Gasteiger partial charge on any atom is 0.245 e. The van der Waals surface area contributed by atoms with Crippen LogP contribution in [-0.4, -0.2) is 5.91 Å². The Balaban J connectivity index is 1.99. The highest BCUT2D eigenvalue weighted by Gasteiger charge is 2.28. The Kier molecular flexibility index (Phi) is 3.53. The van der Waals surface area contributed by atoms with E-state index >= 15 is 0 Å². The molecule has 6 heteroatoms. The third-order valence-corrected chi connectivity index (χ3v) is 3.89. The second-order valence-corrected chi connectivity index (χ2v) is 5.69. The van der Waals surface area contributed by atoms with Crippen LogP contribution in [0.1, 0.15) is 17.2 Å². The van der Waals surface area contributed by atoms with Gasteiger partial charge in [-0.05, 0) is 30.7 Å². The van der Waals surface area contributed by atoms with Gasteiger partial charge in [-0.15, -0.1) is 0 Å². The van der Waals surface area contributed by atoms with E-state index in [4.69, 9.17) is 33.7 Å². The number of amides is 1. The molecule has 4 nitrogen and oxygen atoms in total. The van der Waals surface area contributed by atoms with Crippen LogP contribution in [0.4, 0.5) is 5.69 Å². The summed E-state index contributed by atoms with van der Waals surface area (Å²) in [6.45, 7) is 1.94. The van der Waals surface area contributed by atoms with E-state index in [1.54, 1.807) is 18.2 Å². The average Bonchev–Trinajstić information content (AvgIpc) is 2.70. The minimum absolute atomic E-state index is 0.258. The van der Waals surface area contributed by atoms with Crippen molar-refractivity contribution in [3.05, 3.63) is 51.5 Å². The first-order valence-electron chi connectivity index (χ1n) is 6.29. The molecule has 1 aliphatic rings. The van der Waals surface area contributed by atoms with Crippen molar-refractivity contribution in [3.63, 3.8) is 0 Å². The quantitative estimate of drug-likeness (QED) is 0.876. The van der Waals surface area contributed by atoms with Crippen LogP contribution >= 0.6 is 23.2 Å². The molecule has 1 amide bonds. The van der Waals surface area contributed by atoms with Gasteiger partial charge in [-0.25, -0.2) is 0 Å². The van der Waals surface area contributed by atoms with E-state index in [1.165, 1.54) is 0 Å². The van der Waals surface area contributed by atoms with Crippen molar-refractivity contribution in [1.29, 1.82) is 0 Å². The van der Waals surface area contributed by atoms with Crippen LogP contribution in [0.5, 0.6) is 11.5 Å². The highest BCUT2D eigenvalue weighted by Crippen LogP contribution is 2.40. The number of nitrogens with one attached hydrogen (secondary N) is 1. The number of hydrogen-bond acceptors (Lipinski definition) is 3. The predicted molar refractivity (Wildman–Crippen MR) is 83.3 cm³/mol. The third kappa shape index (κ3) is 2.58. The molecule has 3 rings (SSSR count). The first kappa shape index (κ1) is 14.2. The molecule has 3 N–H and O–H groups in total. The minimum atomic E-state index is -0.700. The maximum atomic E-state index is 11.6. The maximum absolute atomic E-state index is 11.6. The van der Waals surface area contributed by atoms with Crippen molar-refractivity contribution in [3.8, 4) is 11.5 Å². The number of carbonyl (C=O) groups excluding carboxylic acids is 1. The Bertz CT molecular complexity index is 747. The SMILES string of the molecule is Cc1ccc(Cl)c(Oc2cc3c(cc2Cl)C(N)C(=O)N3)c1. The zero-order valence-corrected chi connectivity index (χ0v) is 12.6. The molecule has 2 aromatic rings. The summed E-state index contributed by atoms with van der Waals surface area (Å²) in [7, 11) is 0. The monoisotopic (exact) mass is 322 g/mol. The van der Waals surface area contributed by atoms with Crippen molar-refractivity contribution in [2.75, 3.05) is 5.32 Å². The molecule has 1 heterocycles. The van der Waals surface area contributed by atoms with E-state index in [9.17, 15) is 4.79 Å². The zero-order valence-electron chi connectivity index (χ0n) is 11.1. The number of halogens is 2. The Morgan fingerprint density at radius 2 is 1.86 bits per heavy atom. The normalized spacial score (nSPS) is 16.6. The average molecular weight is 323 g/mol. The first-order chi connectivity index (χ1) is 9.95. The lowest BCUT2D eigenvalue weighted by Gasteiger charge is -2.12. The lowest BCUT2D eigenvalue weighted by molar-refractivity contribution is -0.116. The largest absolute Gasteiger partial charge is 0.454 e. The second kappa shape index (κ2) is 5.22. The van der Waals surface area contributed by atoms with Crippen LogP contribution < -0.4 is 15.8 Å². The lowest BCUT2D eigenvalue weighted by atomic mass is 10.1. The van der Waals surface area contributed by atoms with E-state index in [0.29, 0.717) is 32.8 Å². The molecule has 21 heavy (non-hydrogen) atoms. The van der Waals surface area contributed by atoms with Crippen molar-refractivity contribution in [1.82, 2.24) is 0 Å². The number of fused-ring (bicyclic) bond motifs is 1. The fraction of sp³-hybridized carbons (Fsp3) is 0.133. The Morgan fingerprint density at radius 3 is 2.62 bits per heavy atom. The third-order valence-electron chi connectivity index (χ3n) is 3.29. The highest BCUT2D eigenvalue weighted by molar-refractivity contribution is 6.33. The molecule has 0 aliphatic carbocycles. The van der Waals surface area contributed by atoms with Crippen LogP contribution in [0.25, 0.3) is 0 Å². The van der Waals surface area contributed by atoms with Crippen LogP contribution in [0, 0.1) is 6.92 Å². The van der Waals surface area contributed by atoms with Crippen molar-refractivity contribution >= 4 is 34.8 Å². The summed E-state index contributed by atoms with van der Waals surface area (Å²) in [5, 5.41) is 3.55. The van der Waals surface area contributed by atoms with E-state index in [0.717, 1.165) is 5.56 Å². The number of carbonyl (C=O) groups is 1. The molecular weight excluding hydrogens is 311 g/mol. The van der Waals surface area contributed by atoms with Crippen molar-refractivity contribution in [2.24, 2.45) is 5.73 Å². The van der Waals surface area contributed by atoms with Crippen molar-refractivity contribution in [2.45, 2.75) is 13.0 Å². The smallest absolute Gasteiger partial charge is 0.245 e. The van der Waals surface area contributed by atoms with Gasteiger partial charge in [0.2, 0.25) is 5.91 Å². The highest BCUT2D eigenvalue weighted by atomic mass is 35.5. The molecule has 1 unspecified atom stereocenters. The van der Waals surface area contributed by atoms with Gasteiger partial charge in [0.25, 0.3) is 0 Å². The van der Waals surface area contributed by atoms with E-state index in [-0.39, 0.29) is 5.91 Å². The molecule has 0 saturated heterocycles. The summed E-state index contributed by atoms with van der Waals surface area (Å²) in [5.74, 6) is 0.663. The number of rotatable bonds is 2. The summed E-state index contributed by atoms with van der Waals surface area (Å²) in [4.78, 5) is 11.6. The van der Waals surface area contributed by atoms with Crippen LogP contribution in [0.3, 0.4) is 0 Å². The summed E-state index contributed by atoms with van der Waals surface area (Å²) < 4.78 is 5.76. The fourth-order valence-corrected chi connectivity index (χ4v) is 2.54. The number of nitrogens with two attached hydrogens (primary N) is 1. The van der Waals surface area contributed by atoms with Crippen LogP contribution in [-0.2, 0) is 4.79 Å². The first-order valence-corrected chi connectivity index (χ1v) is 7.05. The predicted octanol–water partition coefficient (Wildman–Crippen LogP) is 4.05. The summed E-state index contributed by atoms with van der Waals surface area (Å²) in [6.07, 6.45) is 0. The van der Waals surface area contributed by atoms with E-state index in [2.05, 4.69) is 5.32 Å². The van der Waals surface area contributed by atoms with E-state index < -0.39 is 6.04 Å². The molecule has 0 aromatic heterocycles. The molecule has 1 atom stereocenters. The van der Waals surface area contributed by atoms with Gasteiger partial charge in [-0.3, -0.25) is 4.79 Å². The van der Waals surface area contributed by atoms with Gasteiger partial charge in [0.05, 0.1) is 10.0 Å². The molecule has 0 radical (unpaired) electrons. The van der Waals surface area contributed by atoms with Gasteiger partial charge in [0, 0.05) is 17.3 Å². The Labute approximate surface area is 131 Å². The van der Waals surface area contributed by atoms with Crippen molar-refractivity contribution < 1.29 is 9.53 Å². The molecule has 0 saturated carbocycles. The summed E-state index contributed by atoms with van der Waals surface area (Å²) in [5.41, 5.74) is 8.06. The Morgan fingerprint density at radius 1 is 1.14 bits per heavy atom. The molecule has 108 valence electrons. The van der Waals surface area contributed by atoms with Gasteiger partial charge in [-0.2, -0.15) is 0 Å². The minimum Gasteiger partial charge on any atom is -0.454 e. The van der Waals surface area contributed by atoms with Gasteiger partial charge in [0.15, 0.2) is 0 Å². The topological polar surface area (TPSA) is 64.3 Å². The van der Waals surface area contributed by atoms with Gasteiger partial charge < -0.3 is 15.8 Å². The number of aryl methyl sites for hydroxylation is 1. The fourth-order valence-electron chi connectivity index (χ4n) is 2.17. The number of ether oxygens (including phenoxy) is 1. The van der Waals surface area contributed by atoms with Gasteiger partial charge >= 0.3 is 0 Å². The molecule has 0 bridgehead atoms. The van der Waals surface area contributed by atoms with E-state index in [1.807, 2.05) is 19.1 Å². The number of anilines is 1. The van der Waals surface area contributed by atoms with Gasteiger partial charge in [0.1, 0.15) is 17.5 Å². The van der Waals surface area contributed by atoms with Crippen LogP contribution in [0.2, 0.25) is 10.0 Å². The zero-order chi connectivity index (χ0) is 15.1. The molecular formula is C15H12Cl2N2O2. The number of hydrogen-bond donors (Lipinski definition) is 2. The molecule has 0 fully saturated rings. The van der Waals surface area contributed by atoms with Crippen LogP contribution in [0.15, 0.2) is 30.3 Å². The van der Waals surface area contributed by atoms with Gasteiger partial charge in [-0.1, -0.05) is 29.3 Å². The Hall–Kier alpha value is -1.75. The summed E-state index contributed by atoms with van der Waals surface area (Å²) >= 11 is 12.3. The molecule has 0 spiro atoms. The number of benzene rings is 2.